The molecule has 0 aliphatic carbocycles. The maximum atomic E-state index is 12.0. The van der Waals surface area contributed by atoms with Crippen molar-refractivity contribution in [2.24, 2.45) is 10.9 Å². The van der Waals surface area contributed by atoms with Gasteiger partial charge in [-0.2, -0.15) is 5.10 Å². The van der Waals surface area contributed by atoms with Gasteiger partial charge < -0.3 is 15.7 Å². The molecule has 2 rings (SSSR count). The lowest BCUT2D eigenvalue weighted by Crippen LogP contribution is -2.24. The number of likely N-dealkylation sites (N-methyl/N-ethyl adjacent to an activating group) is 1. The molecule has 0 saturated carbocycles. The summed E-state index contributed by atoms with van der Waals surface area (Å²) in [4.78, 5) is 16.8. The number of carbonyl (C=O) groups is 1. The van der Waals surface area contributed by atoms with E-state index in [1.54, 1.807) is 19.0 Å². The number of amides is 1. The molecule has 3 N–H and O–H groups in total. The van der Waals surface area contributed by atoms with Crippen LogP contribution in [0.15, 0.2) is 29.4 Å². The summed E-state index contributed by atoms with van der Waals surface area (Å²) in [6, 6.07) is 7.89. The average molecular weight is 258 g/mol. The van der Waals surface area contributed by atoms with E-state index in [0.29, 0.717) is 12.1 Å². The van der Waals surface area contributed by atoms with Crippen LogP contribution in [0.25, 0.3) is 10.9 Å². The summed E-state index contributed by atoms with van der Waals surface area (Å²) >= 11 is 0. The van der Waals surface area contributed by atoms with Gasteiger partial charge >= 0.3 is 0 Å². The Kier molecular flexibility index (Phi) is 3.55. The van der Waals surface area contributed by atoms with Crippen LogP contribution in [0.3, 0.4) is 0 Å². The number of H-pyrrole nitrogens is 1. The molecule has 1 heterocycles. The molecule has 0 saturated heterocycles. The fraction of sp³-hybridized carbons (Fsp3) is 0.286. The second-order valence-corrected chi connectivity index (χ2v) is 4.70. The number of hydrogen-bond acceptors (Lipinski definition) is 3. The van der Waals surface area contributed by atoms with Crippen molar-refractivity contribution in [3.63, 3.8) is 0 Å². The maximum Gasteiger partial charge on any atom is 0.226 e. The quantitative estimate of drug-likeness (QED) is 0.497. The van der Waals surface area contributed by atoms with E-state index < -0.39 is 0 Å². The summed E-state index contributed by atoms with van der Waals surface area (Å²) in [5, 5.41) is 4.76. The molecule has 0 radical (unpaired) electrons. The molecule has 5 nitrogen and oxygen atoms in total. The van der Waals surface area contributed by atoms with Crippen LogP contribution >= 0.6 is 0 Å². The van der Waals surface area contributed by atoms with E-state index in [0.717, 1.165) is 22.2 Å². The first kappa shape index (κ1) is 13.1. The average Bonchev–Trinajstić information content (AvgIpc) is 2.77. The molecular weight excluding hydrogens is 240 g/mol. The van der Waals surface area contributed by atoms with Crippen molar-refractivity contribution in [3.05, 3.63) is 35.5 Å². The zero-order chi connectivity index (χ0) is 14.0. The van der Waals surface area contributed by atoms with Crippen molar-refractivity contribution in [3.8, 4) is 0 Å². The Hall–Kier alpha value is -2.30. The van der Waals surface area contributed by atoms with Crippen molar-refractivity contribution < 1.29 is 4.79 Å². The van der Waals surface area contributed by atoms with Crippen LogP contribution in [0, 0.1) is 0 Å². The minimum absolute atomic E-state index is 0.0517. The first-order valence-corrected chi connectivity index (χ1v) is 6.09. The molecule has 2 aromatic rings. The molecule has 0 bridgehead atoms. The van der Waals surface area contributed by atoms with Crippen LogP contribution in [-0.4, -0.2) is 35.6 Å². The van der Waals surface area contributed by atoms with Crippen LogP contribution in [0.2, 0.25) is 0 Å². The van der Waals surface area contributed by atoms with Crippen LogP contribution in [0.1, 0.15) is 18.2 Å². The fourth-order valence-electron chi connectivity index (χ4n) is 2.07. The molecular formula is C14H18N4O. The minimum atomic E-state index is 0.0517. The van der Waals surface area contributed by atoms with Gasteiger partial charge in [-0.25, -0.2) is 0 Å². The number of aromatic amines is 1. The standard InChI is InChI=1S/C14H18N4O/c1-9(17-15)14-11(8-13(19)18(2)3)10-6-4-5-7-12(10)16-14/h4-7,16H,8,15H2,1-3H3/b17-9+. The Labute approximate surface area is 112 Å². The summed E-state index contributed by atoms with van der Waals surface area (Å²) in [6.45, 7) is 1.83. The Balaban J connectivity index is 2.58. The van der Waals surface area contributed by atoms with Crippen molar-refractivity contribution in [1.82, 2.24) is 9.88 Å². The highest BCUT2D eigenvalue weighted by Crippen LogP contribution is 2.23. The number of carbonyl (C=O) groups excluding carboxylic acids is 1. The smallest absolute Gasteiger partial charge is 0.226 e. The number of aromatic nitrogens is 1. The van der Waals surface area contributed by atoms with Gasteiger partial charge in [-0.15, -0.1) is 0 Å². The van der Waals surface area contributed by atoms with Crippen molar-refractivity contribution in [1.29, 1.82) is 0 Å². The molecule has 0 atom stereocenters. The van der Waals surface area contributed by atoms with Gasteiger partial charge in [0.2, 0.25) is 5.91 Å². The normalized spacial score (nSPS) is 11.8. The molecule has 1 aromatic heterocycles. The Bertz CT molecular complexity index is 640. The lowest BCUT2D eigenvalue weighted by molar-refractivity contribution is -0.127. The molecule has 0 spiro atoms. The predicted octanol–water partition coefficient (Wildman–Crippen LogP) is 1.48. The molecule has 1 aromatic carbocycles. The highest BCUT2D eigenvalue weighted by molar-refractivity contribution is 6.05. The van der Waals surface area contributed by atoms with Gasteiger partial charge in [-0.3, -0.25) is 4.79 Å². The lowest BCUT2D eigenvalue weighted by atomic mass is 10.0. The van der Waals surface area contributed by atoms with E-state index in [4.69, 9.17) is 5.84 Å². The van der Waals surface area contributed by atoms with Gasteiger partial charge in [0.05, 0.1) is 17.8 Å². The van der Waals surface area contributed by atoms with Gasteiger partial charge in [0.1, 0.15) is 0 Å². The SMILES string of the molecule is C/C(=N\N)c1[nH]c2ccccc2c1CC(=O)N(C)C. The third kappa shape index (κ3) is 2.45. The zero-order valence-electron chi connectivity index (χ0n) is 11.4. The van der Waals surface area contributed by atoms with E-state index in [9.17, 15) is 4.79 Å². The van der Waals surface area contributed by atoms with E-state index >= 15 is 0 Å². The first-order chi connectivity index (χ1) is 9.04. The number of fused-ring (bicyclic) bond motifs is 1. The minimum Gasteiger partial charge on any atom is -0.353 e. The molecule has 1 amide bonds. The number of nitrogens with zero attached hydrogens (tertiary/aromatic N) is 2. The number of hydrazone groups is 1. The topological polar surface area (TPSA) is 74.5 Å². The van der Waals surface area contributed by atoms with Gasteiger partial charge in [0.15, 0.2) is 0 Å². The second kappa shape index (κ2) is 5.14. The van der Waals surface area contributed by atoms with Gasteiger partial charge in [-0.05, 0) is 18.6 Å². The molecule has 0 aliphatic rings. The molecule has 100 valence electrons. The summed E-state index contributed by atoms with van der Waals surface area (Å²) in [5.74, 6) is 5.41. The van der Waals surface area contributed by atoms with Crippen LogP contribution in [0.5, 0.6) is 0 Å². The number of rotatable bonds is 3. The maximum absolute atomic E-state index is 12.0. The lowest BCUT2D eigenvalue weighted by Gasteiger charge is -2.10. The second-order valence-electron chi connectivity index (χ2n) is 4.70. The molecule has 5 heteroatoms. The summed E-state index contributed by atoms with van der Waals surface area (Å²) in [7, 11) is 3.50. The molecule has 0 aliphatic heterocycles. The van der Waals surface area contributed by atoms with Crippen molar-refractivity contribution in [2.45, 2.75) is 13.3 Å². The Morgan fingerprint density at radius 1 is 1.37 bits per heavy atom. The number of nitrogens with two attached hydrogens (primary N) is 1. The molecule has 0 fully saturated rings. The highest BCUT2D eigenvalue weighted by atomic mass is 16.2. The van der Waals surface area contributed by atoms with Crippen LogP contribution < -0.4 is 5.84 Å². The predicted molar refractivity (Wildman–Crippen MR) is 77.1 cm³/mol. The largest absolute Gasteiger partial charge is 0.353 e. The monoisotopic (exact) mass is 258 g/mol. The van der Waals surface area contributed by atoms with Crippen LogP contribution in [-0.2, 0) is 11.2 Å². The van der Waals surface area contributed by atoms with Gasteiger partial charge in [0, 0.05) is 25.0 Å². The fourth-order valence-corrected chi connectivity index (χ4v) is 2.07. The third-order valence-corrected chi connectivity index (χ3v) is 3.20. The number of hydrogen-bond donors (Lipinski definition) is 2. The summed E-state index contributed by atoms with van der Waals surface area (Å²) in [6.07, 6.45) is 0.333. The van der Waals surface area contributed by atoms with Crippen LogP contribution in [0.4, 0.5) is 0 Å². The van der Waals surface area contributed by atoms with E-state index in [2.05, 4.69) is 10.1 Å². The number of benzene rings is 1. The zero-order valence-corrected chi connectivity index (χ0v) is 11.4. The van der Waals surface area contributed by atoms with Gasteiger partial charge in [0.25, 0.3) is 0 Å². The van der Waals surface area contributed by atoms with E-state index in [1.165, 1.54) is 0 Å². The summed E-state index contributed by atoms with van der Waals surface area (Å²) < 4.78 is 0. The van der Waals surface area contributed by atoms with E-state index in [1.807, 2.05) is 31.2 Å². The van der Waals surface area contributed by atoms with Crippen molar-refractivity contribution >= 4 is 22.5 Å². The Morgan fingerprint density at radius 3 is 2.68 bits per heavy atom. The van der Waals surface area contributed by atoms with Crippen molar-refractivity contribution in [2.75, 3.05) is 14.1 Å². The highest BCUT2D eigenvalue weighted by Gasteiger charge is 2.17. The molecule has 19 heavy (non-hydrogen) atoms. The number of para-hydroxylation sites is 1. The third-order valence-electron chi connectivity index (χ3n) is 3.20. The van der Waals surface area contributed by atoms with Gasteiger partial charge in [-0.1, -0.05) is 18.2 Å². The molecule has 0 unspecified atom stereocenters. The number of nitrogens with one attached hydrogen (secondary N) is 1. The van der Waals surface area contributed by atoms with E-state index in [-0.39, 0.29) is 5.91 Å². The first-order valence-electron chi connectivity index (χ1n) is 6.09. The summed E-state index contributed by atoms with van der Waals surface area (Å²) in [5.41, 5.74) is 3.46. The Morgan fingerprint density at radius 2 is 2.05 bits per heavy atom.